The first-order valence-electron chi connectivity index (χ1n) is 28.0. The van der Waals surface area contributed by atoms with Crippen molar-refractivity contribution in [2.45, 2.75) is 38.5 Å². The van der Waals surface area contributed by atoms with Gasteiger partial charge in [0.25, 0.3) is 0 Å². The van der Waals surface area contributed by atoms with Crippen LogP contribution in [0.5, 0.6) is 11.5 Å². The van der Waals surface area contributed by atoms with Gasteiger partial charge in [0, 0.05) is 50.0 Å². The number of hydrogen-bond donors (Lipinski definition) is 0. The summed E-state index contributed by atoms with van der Waals surface area (Å²) in [5.74, 6) is 2.33. The minimum Gasteiger partial charge on any atom is -0.457 e. The summed E-state index contributed by atoms with van der Waals surface area (Å²) in [7, 11) is 0. The lowest BCUT2D eigenvalue weighted by Crippen LogP contribution is -2.29. The van der Waals surface area contributed by atoms with Crippen LogP contribution in [0.4, 0.5) is 22.7 Å². The molecule has 0 fully saturated rings. The van der Waals surface area contributed by atoms with Crippen molar-refractivity contribution >= 4 is 44.6 Å². The van der Waals surface area contributed by atoms with E-state index in [2.05, 4.69) is 254 Å². The smallest absolute Gasteiger partial charge is 0.137 e. The molecule has 0 radical (unpaired) electrons. The molecule has 1 aliphatic carbocycles. The molecule has 0 atom stereocenters. The van der Waals surface area contributed by atoms with E-state index in [1.807, 2.05) is 24.4 Å². The summed E-state index contributed by atoms with van der Waals surface area (Å²) in [6.07, 6.45) is 1.91. The van der Waals surface area contributed by atoms with Gasteiger partial charge < -0.3 is 14.5 Å². The highest BCUT2D eigenvalue weighted by molar-refractivity contribution is 6.09. The molecule has 1 aliphatic heterocycles. The van der Waals surface area contributed by atoms with Gasteiger partial charge in [-0.15, -0.1) is 0 Å². The van der Waals surface area contributed by atoms with E-state index in [4.69, 9.17) is 13.8 Å². The molecule has 3 heterocycles. The van der Waals surface area contributed by atoms with Gasteiger partial charge in [-0.05, 0) is 129 Å². The van der Waals surface area contributed by atoms with Gasteiger partial charge in [-0.1, -0.05) is 196 Å². The third-order valence-electron chi connectivity index (χ3n) is 15.8. The van der Waals surface area contributed by atoms with Crippen LogP contribution in [0, 0.1) is 6.85 Å². The molecule has 14 rings (SSSR count). The lowest BCUT2D eigenvalue weighted by atomic mass is 9.66. The molecule has 0 bridgehead atoms. The first-order valence-corrected chi connectivity index (χ1v) is 26.5. The maximum atomic E-state index is 8.34. The van der Waals surface area contributed by atoms with Gasteiger partial charge in [0.05, 0.1) is 33.5 Å². The molecular weight excluding hydrogens is 937 g/mol. The van der Waals surface area contributed by atoms with E-state index in [9.17, 15) is 0 Å². The zero-order valence-electron chi connectivity index (χ0n) is 46.2. The second kappa shape index (κ2) is 18.1. The predicted octanol–water partition coefficient (Wildman–Crippen LogP) is 18.5. The number of para-hydroxylation sites is 3. The molecule has 77 heavy (non-hydrogen) atoms. The average molecular weight is 996 g/mol. The Balaban J connectivity index is 0.915. The summed E-state index contributed by atoms with van der Waals surface area (Å²) in [5.41, 5.74) is 18.0. The fourth-order valence-corrected chi connectivity index (χ4v) is 12.3. The van der Waals surface area contributed by atoms with Crippen molar-refractivity contribution in [1.82, 2.24) is 9.55 Å². The van der Waals surface area contributed by atoms with E-state index in [-0.39, 0.29) is 5.41 Å². The first-order chi connectivity index (χ1) is 38.9. The van der Waals surface area contributed by atoms with Gasteiger partial charge in [0.1, 0.15) is 24.0 Å². The number of aryl methyl sites for hydroxylation is 1. The topological polar surface area (TPSA) is 33.5 Å². The molecule has 370 valence electrons. The molecule has 0 saturated carbocycles. The second-order valence-electron chi connectivity index (χ2n) is 21.3. The van der Waals surface area contributed by atoms with Crippen LogP contribution in [-0.2, 0) is 10.8 Å². The highest BCUT2D eigenvalue weighted by Gasteiger charge is 2.47. The van der Waals surface area contributed by atoms with Crippen LogP contribution in [0.15, 0.2) is 255 Å². The Hall–Kier alpha value is -9.45. The molecule has 10 aromatic carbocycles. The van der Waals surface area contributed by atoms with Crippen LogP contribution in [0.1, 0.15) is 58.3 Å². The minimum absolute atomic E-state index is 0.0402. The van der Waals surface area contributed by atoms with E-state index in [1.165, 1.54) is 5.56 Å². The summed E-state index contributed by atoms with van der Waals surface area (Å²) in [5, 5.41) is 2.29. The Labute approximate surface area is 454 Å². The van der Waals surface area contributed by atoms with E-state index >= 15 is 0 Å². The van der Waals surface area contributed by atoms with Gasteiger partial charge in [-0.3, -0.25) is 4.57 Å². The van der Waals surface area contributed by atoms with Crippen molar-refractivity contribution in [3.05, 3.63) is 288 Å². The number of fused-ring (bicyclic) bond motifs is 7. The molecule has 2 aromatic heterocycles. The molecule has 12 aromatic rings. The number of aromatic nitrogens is 2. The highest BCUT2D eigenvalue weighted by Crippen LogP contribution is 2.59. The van der Waals surface area contributed by atoms with Crippen molar-refractivity contribution in [2.75, 3.05) is 16.5 Å². The Bertz CT molecular complexity index is 4240. The first kappa shape index (κ1) is 42.9. The van der Waals surface area contributed by atoms with Crippen molar-refractivity contribution in [3.63, 3.8) is 0 Å². The third kappa shape index (κ3) is 7.56. The van der Waals surface area contributed by atoms with Gasteiger partial charge in [-0.2, -0.15) is 0 Å². The van der Waals surface area contributed by atoms with Gasteiger partial charge in [0.15, 0.2) is 0 Å². The fourth-order valence-electron chi connectivity index (χ4n) is 12.3. The second-order valence-corrected chi connectivity index (χ2v) is 21.3. The summed E-state index contributed by atoms with van der Waals surface area (Å²) in [4.78, 5) is 9.77. The van der Waals surface area contributed by atoms with Crippen molar-refractivity contribution in [1.29, 1.82) is 0 Å². The number of anilines is 4. The van der Waals surface area contributed by atoms with Crippen LogP contribution in [0.2, 0.25) is 0 Å². The third-order valence-corrected chi connectivity index (χ3v) is 15.8. The van der Waals surface area contributed by atoms with Crippen LogP contribution in [-0.4, -0.2) is 16.2 Å². The monoisotopic (exact) mass is 995 g/mol. The Morgan fingerprint density at radius 1 is 0.481 bits per heavy atom. The van der Waals surface area contributed by atoms with Crippen molar-refractivity contribution < 1.29 is 8.85 Å². The van der Waals surface area contributed by atoms with Gasteiger partial charge in [0.2, 0.25) is 0 Å². The number of rotatable bonds is 9. The SMILES string of the molecule is [2H]C([2H])([2H])c1ccc(C2(c3cc(-c4ccccc4)c(N4CN(c5cccc(Oc6ccc7c8ccccc8n(-c8cc(C(C)(C)C)ccn8)c7c6)c5)c5ccccc54)c(-c4ccccc4)c3)c3ccccc3-c3ccccc32)cc1. The zero-order chi connectivity index (χ0) is 54.3. The normalized spacial score (nSPS) is 14.2. The Morgan fingerprint density at radius 3 is 1.75 bits per heavy atom. The molecule has 0 N–H and O–H groups in total. The van der Waals surface area contributed by atoms with Gasteiger partial charge in [-0.25, -0.2) is 4.98 Å². The Morgan fingerprint density at radius 2 is 1.08 bits per heavy atom. The van der Waals surface area contributed by atoms with Crippen molar-refractivity contribution in [2.24, 2.45) is 0 Å². The van der Waals surface area contributed by atoms with E-state index in [1.54, 1.807) is 12.1 Å². The fraction of sp³-hybridized carbons (Fsp3) is 0.0972. The van der Waals surface area contributed by atoms with Crippen LogP contribution >= 0.6 is 0 Å². The quantitative estimate of drug-likeness (QED) is 0.144. The van der Waals surface area contributed by atoms with E-state index in [0.717, 1.165) is 118 Å². The Kier molecular flexibility index (Phi) is 10.1. The molecular formula is C72H56N4O. The summed E-state index contributed by atoms with van der Waals surface area (Å²) >= 11 is 0. The largest absolute Gasteiger partial charge is 0.457 e. The summed E-state index contributed by atoms with van der Waals surface area (Å²) < 4.78 is 34.1. The molecule has 0 saturated heterocycles. The standard InChI is InChI=1S/C72H56N4O/c1-48-34-36-51(37-35-48)72(63-29-14-11-26-57(63)58-27-12-15-30-64(58)72)53-42-61(49-20-7-5-8-21-49)70(62(43-53)50-22-9-6-10-23-50)75-47-74(66-32-17-18-33-67(66)75)54-24-19-25-55(45-54)77-56-38-39-60-59-28-13-16-31-65(59)76(68(60)46-56)69-44-52(40-41-73-69)71(2,3)4/h5-46H,47H2,1-4H3/i1D3. The zero-order valence-corrected chi connectivity index (χ0v) is 43.2. The van der Waals surface area contributed by atoms with E-state index < -0.39 is 12.3 Å². The lowest BCUT2D eigenvalue weighted by molar-refractivity contribution is 0.483. The number of benzene rings is 10. The number of pyridine rings is 1. The number of hydrogen-bond acceptors (Lipinski definition) is 4. The minimum atomic E-state index is -2.25. The molecule has 0 amide bonds. The predicted molar refractivity (Wildman–Crippen MR) is 319 cm³/mol. The maximum absolute atomic E-state index is 8.34. The molecule has 5 heteroatoms. The van der Waals surface area contributed by atoms with Crippen LogP contribution in [0.3, 0.4) is 0 Å². The van der Waals surface area contributed by atoms with Crippen LogP contribution in [0.25, 0.3) is 61.0 Å². The summed E-state index contributed by atoms with van der Waals surface area (Å²) in [6.45, 7) is 4.97. The molecule has 0 unspecified atom stereocenters. The van der Waals surface area contributed by atoms with Crippen molar-refractivity contribution in [3.8, 4) is 50.7 Å². The molecule has 0 spiro atoms. The lowest BCUT2D eigenvalue weighted by Gasteiger charge is -2.36. The van der Waals surface area contributed by atoms with E-state index in [0.29, 0.717) is 12.2 Å². The van der Waals surface area contributed by atoms with Crippen LogP contribution < -0.4 is 14.5 Å². The maximum Gasteiger partial charge on any atom is 0.137 e. The van der Waals surface area contributed by atoms with Gasteiger partial charge >= 0.3 is 0 Å². The molecule has 2 aliphatic rings. The highest BCUT2D eigenvalue weighted by atomic mass is 16.5. The number of nitrogens with zero attached hydrogens (tertiary/aromatic N) is 4. The average Bonchev–Trinajstić information content (AvgIpc) is 4.18. The molecule has 5 nitrogen and oxygen atoms in total. The summed E-state index contributed by atoms with van der Waals surface area (Å²) in [6, 6.07) is 87.6. The number of ether oxygens (including phenoxy) is 1.